The maximum absolute atomic E-state index is 13.8. The van der Waals surface area contributed by atoms with Gasteiger partial charge in [-0.3, -0.25) is 9.59 Å². The van der Waals surface area contributed by atoms with Crippen molar-refractivity contribution in [2.45, 2.75) is 19.1 Å². The number of ether oxygens (including phenoxy) is 1. The molecule has 206 valence electrons. The zero-order valence-electron chi connectivity index (χ0n) is 21.0. The molecule has 0 aliphatic carbocycles. The van der Waals surface area contributed by atoms with Crippen molar-refractivity contribution < 1.29 is 36.3 Å². The maximum atomic E-state index is 13.8. The second-order valence-corrected chi connectivity index (χ2v) is 8.93. The van der Waals surface area contributed by atoms with Gasteiger partial charge in [0.2, 0.25) is 6.04 Å². The number of methoxy groups -OCH3 is 1. The van der Waals surface area contributed by atoms with Crippen LogP contribution >= 0.6 is 0 Å². The van der Waals surface area contributed by atoms with Crippen LogP contribution in [0.3, 0.4) is 0 Å². The monoisotopic (exact) mass is 555 g/mol. The molecule has 0 aliphatic rings. The van der Waals surface area contributed by atoms with Crippen molar-refractivity contribution in [3.05, 3.63) is 76.3 Å². The maximum Gasteiger partial charge on any atom is 0.419 e. The highest BCUT2D eigenvalue weighted by Crippen LogP contribution is 2.38. The third kappa shape index (κ3) is 4.72. The number of carbonyl (C=O) groups excluding carboxylic acids is 2. The molecule has 2 heterocycles. The summed E-state index contributed by atoms with van der Waals surface area (Å²) < 4.78 is 64.0. The highest BCUT2D eigenvalue weighted by molar-refractivity contribution is 6.15. The van der Waals surface area contributed by atoms with Crippen molar-refractivity contribution in [2.24, 2.45) is 0 Å². The standard InChI is InChI=1S/C28H21F4N3O5/c1-3-33-19-12-21-18(22-23(40-21)16-8-7-15(29)10-20(16)34-26(22)37)11-17(19)13-5-4-6-14(9-13)25(36)35-24(27(38)39-2)28(30,31)32/h4-12,24,33H,3H2,1-2H3,(H,34,37)(H,35,36). The van der Waals surface area contributed by atoms with Crippen LogP contribution in [0.15, 0.2) is 63.8 Å². The number of furan rings is 1. The van der Waals surface area contributed by atoms with Gasteiger partial charge in [0.05, 0.1) is 18.0 Å². The zero-order valence-corrected chi connectivity index (χ0v) is 21.0. The van der Waals surface area contributed by atoms with E-state index in [0.717, 1.165) is 7.11 Å². The summed E-state index contributed by atoms with van der Waals surface area (Å²) in [6.07, 6.45) is -5.06. The Labute approximate surface area is 222 Å². The van der Waals surface area contributed by atoms with E-state index in [9.17, 15) is 31.9 Å². The molecule has 3 N–H and O–H groups in total. The Morgan fingerprint density at radius 1 is 1.07 bits per heavy atom. The minimum Gasteiger partial charge on any atom is -0.467 e. The summed E-state index contributed by atoms with van der Waals surface area (Å²) in [5.74, 6) is -3.30. The molecule has 0 radical (unpaired) electrons. The molecule has 8 nitrogen and oxygen atoms in total. The first-order valence-electron chi connectivity index (χ1n) is 12.0. The molecule has 0 spiro atoms. The molecule has 5 rings (SSSR count). The lowest BCUT2D eigenvalue weighted by Gasteiger charge is -2.19. The average Bonchev–Trinajstić information content (AvgIpc) is 3.29. The van der Waals surface area contributed by atoms with Crippen LogP contribution in [0.5, 0.6) is 0 Å². The third-order valence-electron chi connectivity index (χ3n) is 6.37. The van der Waals surface area contributed by atoms with Gasteiger partial charge in [-0.25, -0.2) is 9.18 Å². The number of anilines is 1. The first-order valence-corrected chi connectivity index (χ1v) is 12.0. The van der Waals surface area contributed by atoms with Crippen LogP contribution in [-0.2, 0) is 9.53 Å². The molecule has 0 saturated heterocycles. The average molecular weight is 555 g/mol. The Bertz CT molecular complexity index is 1860. The van der Waals surface area contributed by atoms with Crippen LogP contribution in [0.2, 0.25) is 0 Å². The summed E-state index contributed by atoms with van der Waals surface area (Å²) >= 11 is 0. The highest BCUT2D eigenvalue weighted by Gasteiger charge is 2.47. The van der Waals surface area contributed by atoms with Gasteiger partial charge in [-0.15, -0.1) is 0 Å². The number of aromatic amines is 1. The van der Waals surface area contributed by atoms with Gasteiger partial charge in [-0.05, 0) is 48.9 Å². The number of benzene rings is 3. The number of pyridine rings is 1. The summed E-state index contributed by atoms with van der Waals surface area (Å²) in [5.41, 5.74) is 1.82. The lowest BCUT2D eigenvalue weighted by molar-refractivity contribution is -0.180. The number of hydrogen-bond donors (Lipinski definition) is 3. The summed E-state index contributed by atoms with van der Waals surface area (Å²) in [5, 5.41) is 6.05. The van der Waals surface area contributed by atoms with E-state index >= 15 is 0 Å². The van der Waals surface area contributed by atoms with E-state index in [1.807, 2.05) is 6.92 Å². The molecule has 3 aromatic carbocycles. The molecule has 0 bridgehead atoms. The Morgan fingerprint density at radius 3 is 2.55 bits per heavy atom. The SMILES string of the molecule is CCNc1cc2oc3c4ccc(F)cc4[nH]c(=O)c3c2cc1-c1cccc(C(=O)NC(C(=O)OC)C(F)(F)F)c1. The molecule has 40 heavy (non-hydrogen) atoms. The molecule has 1 atom stereocenters. The van der Waals surface area contributed by atoms with Gasteiger partial charge in [0.1, 0.15) is 17.0 Å². The van der Waals surface area contributed by atoms with Gasteiger partial charge >= 0.3 is 12.1 Å². The zero-order chi connectivity index (χ0) is 28.8. The highest BCUT2D eigenvalue weighted by atomic mass is 19.4. The minimum absolute atomic E-state index is 0.138. The molecule has 1 amide bonds. The van der Waals surface area contributed by atoms with E-state index in [1.165, 1.54) is 36.4 Å². The number of esters is 1. The van der Waals surface area contributed by atoms with Crippen molar-refractivity contribution in [1.29, 1.82) is 0 Å². The van der Waals surface area contributed by atoms with Crippen LogP contribution in [-0.4, -0.2) is 42.7 Å². The minimum atomic E-state index is -5.06. The lowest BCUT2D eigenvalue weighted by atomic mass is 9.98. The fraction of sp³-hybridized carbons (Fsp3) is 0.179. The van der Waals surface area contributed by atoms with Gasteiger partial charge in [0, 0.05) is 40.2 Å². The Balaban J connectivity index is 1.64. The number of alkyl halides is 3. The van der Waals surface area contributed by atoms with Crippen LogP contribution in [0.1, 0.15) is 17.3 Å². The van der Waals surface area contributed by atoms with E-state index in [-0.39, 0.29) is 22.0 Å². The predicted molar refractivity (Wildman–Crippen MR) is 141 cm³/mol. The van der Waals surface area contributed by atoms with E-state index in [1.54, 1.807) is 23.5 Å². The van der Waals surface area contributed by atoms with E-state index in [2.05, 4.69) is 15.0 Å². The smallest absolute Gasteiger partial charge is 0.419 e. The summed E-state index contributed by atoms with van der Waals surface area (Å²) in [4.78, 5) is 40.0. The van der Waals surface area contributed by atoms with Crippen molar-refractivity contribution in [1.82, 2.24) is 10.3 Å². The second kappa shape index (κ2) is 10.0. The molecule has 12 heteroatoms. The number of halogens is 4. The first-order chi connectivity index (χ1) is 19.0. The summed E-state index contributed by atoms with van der Waals surface area (Å²) in [6, 6.07) is 10.3. The van der Waals surface area contributed by atoms with Crippen molar-refractivity contribution in [3.8, 4) is 11.1 Å². The predicted octanol–water partition coefficient (Wildman–Crippen LogP) is 5.50. The Hall–Kier alpha value is -4.87. The van der Waals surface area contributed by atoms with Gasteiger partial charge < -0.3 is 24.8 Å². The molecule has 0 fully saturated rings. The molecule has 2 aromatic heterocycles. The van der Waals surface area contributed by atoms with E-state index in [0.29, 0.717) is 39.7 Å². The number of H-pyrrole nitrogens is 1. The number of amides is 1. The Morgan fingerprint density at radius 2 is 1.85 bits per heavy atom. The molecule has 5 aromatic rings. The number of fused-ring (bicyclic) bond motifs is 5. The third-order valence-corrected chi connectivity index (χ3v) is 6.37. The van der Waals surface area contributed by atoms with Crippen LogP contribution in [0, 0.1) is 5.82 Å². The number of aromatic nitrogens is 1. The van der Waals surface area contributed by atoms with Crippen LogP contribution in [0.4, 0.5) is 23.2 Å². The Kier molecular flexibility index (Phi) is 6.70. The van der Waals surface area contributed by atoms with Gasteiger partial charge in [-0.1, -0.05) is 12.1 Å². The largest absolute Gasteiger partial charge is 0.467 e. The van der Waals surface area contributed by atoms with E-state index in [4.69, 9.17) is 4.42 Å². The van der Waals surface area contributed by atoms with Crippen LogP contribution in [0.25, 0.3) is 44.0 Å². The molecular formula is C28H21F4N3O5. The fourth-order valence-electron chi connectivity index (χ4n) is 4.57. The molecule has 1 unspecified atom stereocenters. The molecule has 0 aliphatic heterocycles. The number of rotatable bonds is 6. The summed E-state index contributed by atoms with van der Waals surface area (Å²) in [7, 11) is 0.790. The summed E-state index contributed by atoms with van der Waals surface area (Å²) in [6.45, 7) is 2.35. The number of hydrogen-bond acceptors (Lipinski definition) is 6. The molecule has 0 saturated carbocycles. The first kappa shape index (κ1) is 26.7. The van der Waals surface area contributed by atoms with Crippen LogP contribution < -0.4 is 16.2 Å². The fourth-order valence-corrected chi connectivity index (χ4v) is 4.57. The lowest BCUT2D eigenvalue weighted by Crippen LogP contribution is -2.51. The van der Waals surface area contributed by atoms with Gasteiger partial charge in [-0.2, -0.15) is 13.2 Å². The van der Waals surface area contributed by atoms with Gasteiger partial charge in [0.15, 0.2) is 0 Å². The normalized spacial score (nSPS) is 12.6. The topological polar surface area (TPSA) is 113 Å². The van der Waals surface area contributed by atoms with Crippen molar-refractivity contribution >= 4 is 50.4 Å². The van der Waals surface area contributed by atoms with E-state index < -0.39 is 35.5 Å². The second-order valence-electron chi connectivity index (χ2n) is 8.93. The van der Waals surface area contributed by atoms with Crippen molar-refractivity contribution in [3.63, 3.8) is 0 Å². The number of nitrogens with one attached hydrogen (secondary N) is 3. The van der Waals surface area contributed by atoms with Gasteiger partial charge in [0.25, 0.3) is 11.5 Å². The quantitative estimate of drug-likeness (QED) is 0.188. The molecular weight excluding hydrogens is 534 g/mol. The number of carbonyl (C=O) groups is 2. The van der Waals surface area contributed by atoms with Crippen molar-refractivity contribution in [2.75, 3.05) is 19.0 Å².